The molecule has 1 heterocycles. The molecular weight excluding hydrogens is 297 g/mol. The van der Waals surface area contributed by atoms with Crippen LogP contribution >= 0.6 is 0 Å². The third-order valence-corrected chi connectivity index (χ3v) is 3.81. The Balaban J connectivity index is 1.65. The standard InChI is InChI=1S/C20H15BNO2/c1-3-9-16(10-4-1)20-15-17-11-7-8-14-19(17)22(20)24-21-23-18-12-5-2-6-13-18/h1-15H. The van der Waals surface area contributed by atoms with Crippen LogP contribution in [0.15, 0.2) is 91.0 Å². The Hall–Kier alpha value is -3.14. The third kappa shape index (κ3) is 2.86. The fourth-order valence-electron chi connectivity index (χ4n) is 2.67. The van der Waals surface area contributed by atoms with Crippen LogP contribution in [-0.4, -0.2) is 12.4 Å². The molecule has 4 heteroatoms. The highest BCUT2D eigenvalue weighted by Crippen LogP contribution is 2.27. The minimum Gasteiger partial charge on any atom is -0.525 e. The number of rotatable bonds is 5. The lowest BCUT2D eigenvalue weighted by molar-refractivity contribution is 0.270. The summed E-state index contributed by atoms with van der Waals surface area (Å²) in [5, 5.41) is 1.12. The first-order valence-electron chi connectivity index (χ1n) is 7.78. The maximum Gasteiger partial charge on any atom is 0.680 e. The number of hydrogen-bond acceptors (Lipinski definition) is 2. The van der Waals surface area contributed by atoms with Gasteiger partial charge >= 0.3 is 7.69 Å². The average Bonchev–Trinajstić information content (AvgIpc) is 3.02. The summed E-state index contributed by atoms with van der Waals surface area (Å²) in [6.45, 7) is 0. The van der Waals surface area contributed by atoms with E-state index in [0.717, 1.165) is 27.9 Å². The summed E-state index contributed by atoms with van der Waals surface area (Å²) in [5.41, 5.74) is 3.05. The highest BCUT2D eigenvalue weighted by atomic mass is 16.7. The van der Waals surface area contributed by atoms with E-state index in [0.29, 0.717) is 0 Å². The van der Waals surface area contributed by atoms with Gasteiger partial charge < -0.3 is 9.41 Å². The van der Waals surface area contributed by atoms with E-state index in [1.807, 2.05) is 66.7 Å². The fourth-order valence-corrected chi connectivity index (χ4v) is 2.67. The molecule has 0 aliphatic heterocycles. The Morgan fingerprint density at radius 3 is 2.17 bits per heavy atom. The molecule has 24 heavy (non-hydrogen) atoms. The van der Waals surface area contributed by atoms with Gasteiger partial charge in [0.25, 0.3) is 0 Å². The lowest BCUT2D eigenvalue weighted by Gasteiger charge is -2.12. The van der Waals surface area contributed by atoms with Gasteiger partial charge in [-0.2, -0.15) is 4.73 Å². The van der Waals surface area contributed by atoms with Crippen LogP contribution in [0.5, 0.6) is 5.75 Å². The summed E-state index contributed by atoms with van der Waals surface area (Å²) in [6.07, 6.45) is 0. The number of para-hydroxylation sites is 2. The third-order valence-electron chi connectivity index (χ3n) is 3.81. The van der Waals surface area contributed by atoms with Crippen molar-refractivity contribution in [2.24, 2.45) is 0 Å². The summed E-state index contributed by atoms with van der Waals surface area (Å²) in [5.74, 6) is 0.732. The van der Waals surface area contributed by atoms with Gasteiger partial charge in [-0.25, -0.2) is 0 Å². The van der Waals surface area contributed by atoms with Gasteiger partial charge in [0.15, 0.2) is 0 Å². The minimum absolute atomic E-state index is 0.732. The van der Waals surface area contributed by atoms with Gasteiger partial charge in [0.1, 0.15) is 5.75 Å². The van der Waals surface area contributed by atoms with E-state index >= 15 is 0 Å². The molecule has 115 valence electrons. The number of aromatic nitrogens is 1. The van der Waals surface area contributed by atoms with Crippen molar-refractivity contribution < 1.29 is 9.41 Å². The van der Waals surface area contributed by atoms with Gasteiger partial charge in [-0.1, -0.05) is 66.7 Å². The second-order valence-corrected chi connectivity index (χ2v) is 5.38. The van der Waals surface area contributed by atoms with Gasteiger partial charge in [0, 0.05) is 10.9 Å². The Bertz CT molecular complexity index is 936. The minimum atomic E-state index is 0.732. The van der Waals surface area contributed by atoms with E-state index < -0.39 is 0 Å². The molecule has 0 N–H and O–H groups in total. The van der Waals surface area contributed by atoms with E-state index in [4.69, 9.17) is 9.41 Å². The highest BCUT2D eigenvalue weighted by Gasteiger charge is 2.13. The van der Waals surface area contributed by atoms with Crippen molar-refractivity contribution in [1.29, 1.82) is 0 Å². The van der Waals surface area contributed by atoms with Gasteiger partial charge in [0.2, 0.25) is 0 Å². The highest BCUT2D eigenvalue weighted by molar-refractivity contribution is 6.20. The predicted octanol–water partition coefficient (Wildman–Crippen LogP) is 4.35. The molecule has 4 aromatic rings. The van der Waals surface area contributed by atoms with Crippen LogP contribution in [0, 0.1) is 0 Å². The molecular formula is C20H15BNO2. The van der Waals surface area contributed by atoms with E-state index in [2.05, 4.69) is 24.3 Å². The summed E-state index contributed by atoms with van der Waals surface area (Å²) in [6, 6.07) is 29.9. The van der Waals surface area contributed by atoms with E-state index in [1.165, 1.54) is 7.69 Å². The SMILES string of the molecule is [B](Oc1ccccc1)On1c(-c2ccccc2)cc2ccccc21. The van der Waals surface area contributed by atoms with E-state index in [9.17, 15) is 0 Å². The molecule has 0 spiro atoms. The Labute approximate surface area is 141 Å². The number of benzene rings is 3. The summed E-state index contributed by atoms with van der Waals surface area (Å²) in [7, 11) is 1.36. The maximum absolute atomic E-state index is 5.82. The van der Waals surface area contributed by atoms with Crippen LogP contribution in [0.4, 0.5) is 0 Å². The van der Waals surface area contributed by atoms with Crippen molar-refractivity contribution >= 4 is 18.6 Å². The molecule has 0 aliphatic carbocycles. The Morgan fingerprint density at radius 2 is 1.38 bits per heavy atom. The quantitative estimate of drug-likeness (QED) is 0.511. The zero-order valence-electron chi connectivity index (χ0n) is 13.0. The van der Waals surface area contributed by atoms with Crippen LogP contribution in [-0.2, 0) is 0 Å². The molecule has 0 fully saturated rings. The fraction of sp³-hybridized carbons (Fsp3) is 0. The largest absolute Gasteiger partial charge is 0.680 e. The zero-order chi connectivity index (χ0) is 16.2. The van der Waals surface area contributed by atoms with Crippen LogP contribution in [0.2, 0.25) is 0 Å². The summed E-state index contributed by atoms with van der Waals surface area (Å²) >= 11 is 0. The molecule has 0 saturated heterocycles. The number of fused-ring (bicyclic) bond motifs is 1. The molecule has 0 amide bonds. The second-order valence-electron chi connectivity index (χ2n) is 5.38. The molecule has 3 nitrogen and oxygen atoms in total. The van der Waals surface area contributed by atoms with Gasteiger partial charge in [-0.15, -0.1) is 0 Å². The molecule has 0 bridgehead atoms. The average molecular weight is 312 g/mol. The zero-order valence-corrected chi connectivity index (χ0v) is 13.0. The summed E-state index contributed by atoms with van der Waals surface area (Å²) in [4.78, 5) is 0. The lowest BCUT2D eigenvalue weighted by Crippen LogP contribution is -2.21. The molecule has 0 unspecified atom stereocenters. The summed E-state index contributed by atoms with van der Waals surface area (Å²) < 4.78 is 13.2. The van der Waals surface area contributed by atoms with Gasteiger partial charge in [-0.05, 0) is 24.3 Å². The molecule has 1 aromatic heterocycles. The molecule has 4 rings (SSSR count). The van der Waals surface area contributed by atoms with Crippen molar-refractivity contribution in [1.82, 2.24) is 4.73 Å². The van der Waals surface area contributed by atoms with Crippen molar-refractivity contribution in [2.75, 3.05) is 0 Å². The first-order valence-corrected chi connectivity index (χ1v) is 7.78. The Morgan fingerprint density at radius 1 is 0.708 bits per heavy atom. The molecule has 0 saturated carbocycles. The molecule has 3 aromatic carbocycles. The number of nitrogens with zero attached hydrogens (tertiary/aromatic N) is 1. The normalized spacial score (nSPS) is 10.5. The smallest absolute Gasteiger partial charge is 0.525 e. The molecule has 0 atom stereocenters. The van der Waals surface area contributed by atoms with Crippen molar-refractivity contribution in [3.05, 3.63) is 91.0 Å². The Kier molecular flexibility index (Phi) is 3.94. The van der Waals surface area contributed by atoms with Gasteiger partial charge in [0.05, 0.1) is 11.2 Å². The van der Waals surface area contributed by atoms with Crippen molar-refractivity contribution in [2.45, 2.75) is 0 Å². The molecule has 0 aliphatic rings. The van der Waals surface area contributed by atoms with Crippen LogP contribution < -0.4 is 9.41 Å². The first kappa shape index (κ1) is 14.5. The van der Waals surface area contributed by atoms with E-state index in [1.54, 1.807) is 4.73 Å². The second kappa shape index (κ2) is 6.55. The predicted molar refractivity (Wildman–Crippen MR) is 96.8 cm³/mol. The topological polar surface area (TPSA) is 23.4 Å². The monoisotopic (exact) mass is 312 g/mol. The van der Waals surface area contributed by atoms with Crippen LogP contribution in [0.1, 0.15) is 0 Å². The van der Waals surface area contributed by atoms with E-state index in [-0.39, 0.29) is 0 Å². The molecule has 1 radical (unpaired) electrons. The lowest BCUT2D eigenvalue weighted by atomic mass is 10.1. The maximum atomic E-state index is 5.82. The van der Waals surface area contributed by atoms with Crippen LogP contribution in [0.3, 0.4) is 0 Å². The van der Waals surface area contributed by atoms with Crippen molar-refractivity contribution in [3.63, 3.8) is 0 Å². The number of hydrogen-bond donors (Lipinski definition) is 0. The first-order chi connectivity index (χ1) is 11.9. The van der Waals surface area contributed by atoms with Crippen molar-refractivity contribution in [3.8, 4) is 17.0 Å². The van der Waals surface area contributed by atoms with Crippen LogP contribution in [0.25, 0.3) is 22.2 Å². The van der Waals surface area contributed by atoms with Gasteiger partial charge in [-0.3, -0.25) is 0 Å².